The lowest BCUT2D eigenvalue weighted by Crippen LogP contribution is -2.45. The summed E-state index contributed by atoms with van der Waals surface area (Å²) in [6.45, 7) is 2.79. The normalized spacial score (nSPS) is 15.2. The Bertz CT molecular complexity index is 1340. The SMILES string of the molecule is CC(NC(=O)O)c1c(C(=O)NN2CCCCC2)nn(-c2ccc(Cl)cc2Cl)c1-c1ccc(C(F)(F)F)cc1. The number of benzene rings is 2. The van der Waals surface area contributed by atoms with Gasteiger partial charge < -0.3 is 10.4 Å². The van der Waals surface area contributed by atoms with Crippen molar-refractivity contribution in [2.75, 3.05) is 13.1 Å². The van der Waals surface area contributed by atoms with Crippen LogP contribution in [0.2, 0.25) is 10.0 Å². The molecule has 0 saturated carbocycles. The second kappa shape index (κ2) is 11.2. The molecule has 0 aliphatic carbocycles. The van der Waals surface area contributed by atoms with Crippen LogP contribution in [0, 0.1) is 0 Å². The van der Waals surface area contributed by atoms with E-state index in [1.807, 2.05) is 0 Å². The summed E-state index contributed by atoms with van der Waals surface area (Å²) in [7, 11) is 0. The smallest absolute Gasteiger partial charge is 0.416 e. The van der Waals surface area contributed by atoms with Crippen LogP contribution in [0.25, 0.3) is 16.9 Å². The summed E-state index contributed by atoms with van der Waals surface area (Å²) in [6, 6.07) is 7.89. The number of hydrazine groups is 1. The fraction of sp³-hybridized carbons (Fsp3) is 0.320. The molecule has 3 N–H and O–H groups in total. The quantitative estimate of drug-likeness (QED) is 0.322. The van der Waals surface area contributed by atoms with Crippen molar-refractivity contribution in [3.63, 3.8) is 0 Å². The minimum absolute atomic E-state index is 0.0993. The third kappa shape index (κ3) is 6.06. The zero-order chi connectivity index (χ0) is 27.6. The van der Waals surface area contributed by atoms with E-state index in [0.29, 0.717) is 23.8 Å². The van der Waals surface area contributed by atoms with E-state index < -0.39 is 29.8 Å². The van der Waals surface area contributed by atoms with Crippen LogP contribution in [0.1, 0.15) is 53.8 Å². The highest BCUT2D eigenvalue weighted by Crippen LogP contribution is 2.38. The topological polar surface area (TPSA) is 99.5 Å². The van der Waals surface area contributed by atoms with Gasteiger partial charge in [0.05, 0.1) is 28.0 Å². The number of aromatic nitrogens is 2. The Labute approximate surface area is 226 Å². The van der Waals surface area contributed by atoms with Crippen LogP contribution >= 0.6 is 23.2 Å². The van der Waals surface area contributed by atoms with Gasteiger partial charge in [0.2, 0.25) is 0 Å². The van der Waals surface area contributed by atoms with E-state index in [2.05, 4.69) is 15.8 Å². The minimum atomic E-state index is -4.56. The van der Waals surface area contributed by atoms with Crippen molar-refractivity contribution < 1.29 is 27.9 Å². The molecule has 0 radical (unpaired) electrons. The Balaban J connectivity index is 1.93. The zero-order valence-electron chi connectivity index (χ0n) is 20.1. The van der Waals surface area contributed by atoms with Crippen molar-refractivity contribution in [2.45, 2.75) is 38.4 Å². The largest absolute Gasteiger partial charge is 0.465 e. The molecule has 3 aromatic rings. The lowest BCUT2D eigenvalue weighted by Gasteiger charge is -2.26. The number of hydrogen-bond acceptors (Lipinski definition) is 4. The molecule has 1 aromatic heterocycles. The van der Waals surface area contributed by atoms with Gasteiger partial charge in [0.15, 0.2) is 5.69 Å². The summed E-state index contributed by atoms with van der Waals surface area (Å²) >= 11 is 12.5. The average molecular weight is 570 g/mol. The summed E-state index contributed by atoms with van der Waals surface area (Å²) in [5.41, 5.74) is 2.80. The number of nitrogens with zero attached hydrogens (tertiary/aromatic N) is 3. The first kappa shape index (κ1) is 27.7. The predicted molar refractivity (Wildman–Crippen MR) is 136 cm³/mol. The fourth-order valence-corrected chi connectivity index (χ4v) is 4.88. The number of carboxylic acid groups (broad SMARTS) is 1. The maximum Gasteiger partial charge on any atom is 0.416 e. The highest BCUT2D eigenvalue weighted by molar-refractivity contribution is 6.35. The molecular formula is C25H24Cl2F3N5O3. The Morgan fingerprint density at radius 2 is 1.71 bits per heavy atom. The van der Waals surface area contributed by atoms with E-state index in [4.69, 9.17) is 23.2 Å². The molecule has 0 spiro atoms. The van der Waals surface area contributed by atoms with Gasteiger partial charge in [0.1, 0.15) is 0 Å². The van der Waals surface area contributed by atoms with Gasteiger partial charge >= 0.3 is 12.3 Å². The van der Waals surface area contributed by atoms with Gasteiger partial charge in [-0.05, 0) is 50.1 Å². The molecule has 2 aromatic carbocycles. The van der Waals surface area contributed by atoms with Gasteiger partial charge in [-0.25, -0.2) is 14.5 Å². The van der Waals surface area contributed by atoms with Gasteiger partial charge in [0.25, 0.3) is 5.91 Å². The zero-order valence-corrected chi connectivity index (χ0v) is 21.7. The molecule has 1 fully saturated rings. The first-order valence-corrected chi connectivity index (χ1v) is 12.5. The van der Waals surface area contributed by atoms with Crippen LogP contribution in [0.3, 0.4) is 0 Å². The summed E-state index contributed by atoms with van der Waals surface area (Å²) in [6.07, 6.45) is -3.07. The van der Waals surface area contributed by atoms with E-state index >= 15 is 0 Å². The Morgan fingerprint density at radius 1 is 1.05 bits per heavy atom. The van der Waals surface area contributed by atoms with Crippen LogP contribution in [-0.2, 0) is 6.18 Å². The van der Waals surface area contributed by atoms with Crippen LogP contribution in [0.4, 0.5) is 18.0 Å². The van der Waals surface area contributed by atoms with E-state index in [1.165, 1.54) is 29.8 Å². The summed E-state index contributed by atoms with van der Waals surface area (Å²) in [5, 5.41) is 18.5. The van der Waals surface area contributed by atoms with Gasteiger partial charge in [-0.3, -0.25) is 10.2 Å². The third-order valence-electron chi connectivity index (χ3n) is 6.15. The number of carbonyl (C=O) groups is 2. The lowest BCUT2D eigenvalue weighted by atomic mass is 9.98. The van der Waals surface area contributed by atoms with E-state index in [0.717, 1.165) is 31.4 Å². The van der Waals surface area contributed by atoms with Crippen molar-refractivity contribution in [1.29, 1.82) is 0 Å². The molecule has 202 valence electrons. The Morgan fingerprint density at radius 3 is 2.29 bits per heavy atom. The second-order valence-electron chi connectivity index (χ2n) is 8.85. The van der Waals surface area contributed by atoms with Crippen molar-refractivity contribution in [3.05, 3.63) is 69.3 Å². The maximum absolute atomic E-state index is 13.5. The molecule has 2 amide bonds. The molecular weight excluding hydrogens is 546 g/mol. The Kier molecular flexibility index (Phi) is 8.19. The van der Waals surface area contributed by atoms with Gasteiger partial charge in [-0.1, -0.05) is 41.8 Å². The summed E-state index contributed by atoms with van der Waals surface area (Å²) in [4.78, 5) is 25.0. The number of halogens is 5. The van der Waals surface area contributed by atoms with Gasteiger partial charge in [-0.15, -0.1) is 0 Å². The number of alkyl halides is 3. The van der Waals surface area contributed by atoms with Crippen molar-refractivity contribution >= 4 is 35.2 Å². The van der Waals surface area contributed by atoms with Crippen molar-refractivity contribution in [3.8, 4) is 16.9 Å². The molecule has 4 rings (SSSR count). The Hall–Kier alpha value is -3.28. The fourth-order valence-electron chi connectivity index (χ4n) is 4.39. The molecule has 1 aliphatic heterocycles. The molecule has 1 aliphatic rings. The molecule has 1 atom stereocenters. The predicted octanol–water partition coefficient (Wildman–Crippen LogP) is 6.32. The standard InChI is InChI=1S/C25H24Cl2F3N5O3/c1-14(31-24(37)38)20-21(23(36)33-34-11-3-2-4-12-34)32-35(19-10-9-17(26)13-18(19)27)22(20)15-5-7-16(8-6-15)25(28,29)30/h5-10,13-14,31H,2-4,11-12H2,1H3,(H,33,36)(H,37,38). The molecule has 1 unspecified atom stereocenters. The number of hydrogen-bond donors (Lipinski definition) is 3. The molecule has 13 heteroatoms. The monoisotopic (exact) mass is 569 g/mol. The second-order valence-corrected chi connectivity index (χ2v) is 9.70. The van der Waals surface area contributed by atoms with E-state index in [9.17, 15) is 27.9 Å². The van der Waals surface area contributed by atoms with Gasteiger partial charge in [0, 0.05) is 29.2 Å². The number of nitrogens with one attached hydrogen (secondary N) is 2. The molecule has 2 heterocycles. The maximum atomic E-state index is 13.5. The van der Waals surface area contributed by atoms with E-state index in [1.54, 1.807) is 17.1 Å². The lowest BCUT2D eigenvalue weighted by molar-refractivity contribution is -0.137. The molecule has 0 bridgehead atoms. The van der Waals surface area contributed by atoms with E-state index in [-0.39, 0.29) is 27.5 Å². The molecule has 38 heavy (non-hydrogen) atoms. The summed E-state index contributed by atoms with van der Waals surface area (Å²) in [5.74, 6) is -0.585. The van der Waals surface area contributed by atoms with Gasteiger partial charge in [-0.2, -0.15) is 18.3 Å². The number of piperidine rings is 1. The van der Waals surface area contributed by atoms with Crippen LogP contribution < -0.4 is 10.7 Å². The van der Waals surface area contributed by atoms with Crippen molar-refractivity contribution in [1.82, 2.24) is 25.5 Å². The molecule has 8 nitrogen and oxygen atoms in total. The average Bonchev–Trinajstić information content (AvgIpc) is 3.24. The van der Waals surface area contributed by atoms with Crippen LogP contribution in [0.5, 0.6) is 0 Å². The number of carbonyl (C=O) groups excluding carboxylic acids is 1. The summed E-state index contributed by atoms with van der Waals surface area (Å²) < 4.78 is 41.1. The first-order chi connectivity index (χ1) is 18.0. The number of amides is 2. The molecule has 1 saturated heterocycles. The highest BCUT2D eigenvalue weighted by atomic mass is 35.5. The highest BCUT2D eigenvalue weighted by Gasteiger charge is 2.33. The van der Waals surface area contributed by atoms with Crippen LogP contribution in [0.15, 0.2) is 42.5 Å². The first-order valence-electron chi connectivity index (χ1n) is 11.8. The minimum Gasteiger partial charge on any atom is -0.465 e. The van der Waals surface area contributed by atoms with Crippen LogP contribution in [-0.4, -0.2) is 45.0 Å². The van der Waals surface area contributed by atoms with Crippen molar-refractivity contribution in [2.24, 2.45) is 0 Å². The third-order valence-corrected chi connectivity index (χ3v) is 6.69. The number of rotatable bonds is 6.